The van der Waals surface area contributed by atoms with E-state index in [9.17, 15) is 8.42 Å². The van der Waals surface area contributed by atoms with Crippen molar-refractivity contribution >= 4 is 9.84 Å². The molecule has 0 radical (unpaired) electrons. The second-order valence-corrected chi connectivity index (χ2v) is 8.90. The van der Waals surface area contributed by atoms with Gasteiger partial charge in [-0.25, -0.2) is 13.4 Å². The summed E-state index contributed by atoms with van der Waals surface area (Å²) >= 11 is 0. The zero-order valence-electron chi connectivity index (χ0n) is 13.7. The van der Waals surface area contributed by atoms with E-state index in [1.165, 1.54) is 0 Å². The molecule has 0 spiro atoms. The number of aryl methyl sites for hydroxylation is 1. The molecule has 2 atom stereocenters. The number of sulfone groups is 1. The maximum atomic E-state index is 12.3. The van der Waals surface area contributed by atoms with Crippen LogP contribution in [0.4, 0.5) is 0 Å². The number of aromatic amines is 1. The largest absolute Gasteiger partial charge is 0.465 e. The van der Waals surface area contributed by atoms with Crippen molar-refractivity contribution in [3.05, 3.63) is 41.9 Å². The van der Waals surface area contributed by atoms with Gasteiger partial charge in [0, 0.05) is 43.6 Å². The quantitative estimate of drug-likeness (QED) is 0.878. The molecule has 0 amide bonds. The minimum atomic E-state index is -3.00. The van der Waals surface area contributed by atoms with Crippen LogP contribution < -0.4 is 0 Å². The Kier molecular flexibility index (Phi) is 3.98. The molecule has 2 aliphatic heterocycles. The number of hydrogen-bond donors (Lipinski definition) is 1. The highest BCUT2D eigenvalue weighted by atomic mass is 32.2. The van der Waals surface area contributed by atoms with Gasteiger partial charge in [0.1, 0.15) is 11.5 Å². The van der Waals surface area contributed by atoms with Gasteiger partial charge in [-0.3, -0.25) is 9.80 Å². The molecule has 2 aromatic rings. The number of nitrogens with one attached hydrogen (secondary N) is 1. The van der Waals surface area contributed by atoms with E-state index in [1.54, 1.807) is 12.5 Å². The second-order valence-electron chi connectivity index (χ2n) is 6.74. The van der Waals surface area contributed by atoms with Crippen molar-refractivity contribution in [1.82, 2.24) is 19.8 Å². The Bertz CT molecular complexity index is 799. The third kappa shape index (κ3) is 3.13. The van der Waals surface area contributed by atoms with Gasteiger partial charge in [-0.2, -0.15) is 0 Å². The van der Waals surface area contributed by atoms with Gasteiger partial charge in [0.05, 0.1) is 24.4 Å². The van der Waals surface area contributed by atoms with E-state index in [1.807, 2.05) is 19.1 Å². The molecule has 0 aromatic carbocycles. The first-order valence-corrected chi connectivity index (χ1v) is 10.0. The van der Waals surface area contributed by atoms with Crippen molar-refractivity contribution in [3.8, 4) is 0 Å². The predicted molar refractivity (Wildman–Crippen MR) is 89.1 cm³/mol. The lowest BCUT2D eigenvalue weighted by atomic mass is 10.0. The zero-order valence-corrected chi connectivity index (χ0v) is 14.5. The van der Waals surface area contributed by atoms with E-state index in [4.69, 9.17) is 4.42 Å². The number of H-pyrrole nitrogens is 1. The number of rotatable bonds is 4. The number of furan rings is 1. The summed E-state index contributed by atoms with van der Waals surface area (Å²) in [6, 6.07) is 3.98. The molecule has 7 nitrogen and oxygen atoms in total. The number of hydrogen-bond acceptors (Lipinski definition) is 6. The van der Waals surface area contributed by atoms with Gasteiger partial charge in [0.2, 0.25) is 0 Å². The molecule has 2 aromatic heterocycles. The zero-order chi connectivity index (χ0) is 16.7. The van der Waals surface area contributed by atoms with Crippen LogP contribution in [0.3, 0.4) is 0 Å². The Hall–Kier alpha value is -1.64. The summed E-state index contributed by atoms with van der Waals surface area (Å²) in [4.78, 5) is 11.7. The van der Waals surface area contributed by atoms with E-state index in [0.717, 1.165) is 30.3 Å². The van der Waals surface area contributed by atoms with Crippen molar-refractivity contribution < 1.29 is 12.8 Å². The van der Waals surface area contributed by atoms with Crippen LogP contribution in [0.5, 0.6) is 0 Å². The first-order valence-electron chi connectivity index (χ1n) is 8.21. The number of piperazine rings is 1. The third-order valence-corrected chi connectivity index (χ3v) is 6.69. The minimum Gasteiger partial charge on any atom is -0.465 e. The highest BCUT2D eigenvalue weighted by molar-refractivity contribution is 7.91. The summed E-state index contributed by atoms with van der Waals surface area (Å²) in [5, 5.41) is 0. The summed E-state index contributed by atoms with van der Waals surface area (Å²) in [5.41, 5.74) is 1.02. The summed E-state index contributed by atoms with van der Waals surface area (Å²) in [7, 11) is -3.00. The van der Waals surface area contributed by atoms with Crippen molar-refractivity contribution in [2.45, 2.75) is 32.1 Å². The molecule has 4 rings (SSSR count). The van der Waals surface area contributed by atoms with Crippen molar-refractivity contribution in [1.29, 1.82) is 0 Å². The minimum absolute atomic E-state index is 0.0251. The molecule has 0 unspecified atom stereocenters. The predicted octanol–water partition coefficient (Wildman–Crippen LogP) is 0.795. The Morgan fingerprint density at radius 1 is 1.21 bits per heavy atom. The normalized spacial score (nSPS) is 27.4. The van der Waals surface area contributed by atoms with E-state index >= 15 is 0 Å². The van der Waals surface area contributed by atoms with Crippen LogP contribution in [0, 0.1) is 6.92 Å². The van der Waals surface area contributed by atoms with Crippen molar-refractivity contribution in [3.63, 3.8) is 0 Å². The van der Waals surface area contributed by atoms with Gasteiger partial charge in [-0.15, -0.1) is 0 Å². The van der Waals surface area contributed by atoms with E-state index in [0.29, 0.717) is 13.1 Å². The van der Waals surface area contributed by atoms with Crippen LogP contribution in [0.25, 0.3) is 0 Å². The number of fused-ring (bicyclic) bond motifs is 1. The van der Waals surface area contributed by atoms with Gasteiger partial charge >= 0.3 is 0 Å². The van der Waals surface area contributed by atoms with Crippen LogP contribution in [-0.2, 0) is 22.9 Å². The highest BCUT2D eigenvalue weighted by Gasteiger charge is 2.46. The summed E-state index contributed by atoms with van der Waals surface area (Å²) in [6.07, 6.45) is 3.46. The number of aromatic nitrogens is 2. The highest BCUT2D eigenvalue weighted by Crippen LogP contribution is 2.29. The fourth-order valence-corrected chi connectivity index (χ4v) is 5.89. The molecule has 2 saturated heterocycles. The Balaban J connectivity index is 1.53. The first-order chi connectivity index (χ1) is 11.5. The average molecular weight is 350 g/mol. The fraction of sp³-hybridized carbons (Fsp3) is 0.562. The molecular formula is C16H22N4O3S. The van der Waals surface area contributed by atoms with E-state index in [2.05, 4.69) is 19.8 Å². The standard InChI is InChI=1S/C16H22N4O3S/c1-12-2-3-14(23-12)8-20-5-4-19(7-13-6-17-11-18-13)15-9-24(21,22)10-16(15)20/h2-3,6,11,15-16H,4-5,7-10H2,1H3,(H,17,18)/t15-,16+/m0/s1. The van der Waals surface area contributed by atoms with Crippen LogP contribution in [-0.4, -0.2) is 64.9 Å². The molecule has 8 heteroatoms. The lowest BCUT2D eigenvalue weighted by molar-refractivity contribution is 0.0309. The van der Waals surface area contributed by atoms with Gasteiger partial charge in [0.15, 0.2) is 9.84 Å². The topological polar surface area (TPSA) is 82.4 Å². The maximum absolute atomic E-state index is 12.3. The first kappa shape index (κ1) is 15.9. The number of nitrogens with zero attached hydrogens (tertiary/aromatic N) is 3. The van der Waals surface area contributed by atoms with Crippen LogP contribution in [0.2, 0.25) is 0 Å². The van der Waals surface area contributed by atoms with Gasteiger partial charge in [-0.1, -0.05) is 0 Å². The maximum Gasteiger partial charge on any atom is 0.153 e. The van der Waals surface area contributed by atoms with Crippen LogP contribution in [0.15, 0.2) is 29.1 Å². The van der Waals surface area contributed by atoms with Gasteiger partial charge in [0.25, 0.3) is 0 Å². The van der Waals surface area contributed by atoms with Gasteiger partial charge < -0.3 is 9.40 Å². The summed E-state index contributed by atoms with van der Waals surface area (Å²) in [5.74, 6) is 2.26. The molecule has 24 heavy (non-hydrogen) atoms. The molecular weight excluding hydrogens is 328 g/mol. The Labute approximate surface area is 141 Å². The van der Waals surface area contributed by atoms with Crippen molar-refractivity contribution in [2.75, 3.05) is 24.6 Å². The Morgan fingerprint density at radius 2 is 1.92 bits per heavy atom. The SMILES string of the molecule is Cc1ccc(CN2CCN(Cc3cnc[nH]3)[C@H]3CS(=O)(=O)C[C@H]32)o1. The smallest absolute Gasteiger partial charge is 0.153 e. The van der Waals surface area contributed by atoms with Gasteiger partial charge in [-0.05, 0) is 19.1 Å². The van der Waals surface area contributed by atoms with Crippen LogP contribution in [0.1, 0.15) is 17.2 Å². The molecule has 0 bridgehead atoms. The van der Waals surface area contributed by atoms with E-state index < -0.39 is 9.84 Å². The molecule has 0 aliphatic carbocycles. The summed E-state index contributed by atoms with van der Waals surface area (Å²) in [6.45, 7) is 4.99. The average Bonchev–Trinajstić information content (AvgIpc) is 3.22. The molecule has 1 N–H and O–H groups in total. The summed E-state index contributed by atoms with van der Waals surface area (Å²) < 4.78 is 30.2. The van der Waals surface area contributed by atoms with Crippen LogP contribution >= 0.6 is 0 Å². The molecule has 0 saturated carbocycles. The fourth-order valence-electron chi connectivity index (χ4n) is 3.85. The monoisotopic (exact) mass is 350 g/mol. The lowest BCUT2D eigenvalue weighted by Gasteiger charge is -2.43. The molecule has 2 fully saturated rings. The van der Waals surface area contributed by atoms with E-state index in [-0.39, 0.29) is 23.6 Å². The van der Waals surface area contributed by atoms with Crippen molar-refractivity contribution in [2.24, 2.45) is 0 Å². The molecule has 2 aliphatic rings. The molecule has 4 heterocycles. The third-order valence-electron chi connectivity index (χ3n) is 4.99. The molecule has 130 valence electrons. The number of imidazole rings is 1. The second kappa shape index (κ2) is 6.02. The lowest BCUT2D eigenvalue weighted by Crippen LogP contribution is -2.58. The Morgan fingerprint density at radius 3 is 2.50 bits per heavy atom.